The molecule has 1 aromatic carbocycles. The zero-order valence-corrected chi connectivity index (χ0v) is 10.1. The van der Waals surface area contributed by atoms with Crippen LogP contribution in [0.25, 0.3) is 0 Å². The topological polar surface area (TPSA) is 84.5 Å². The first-order valence-corrected chi connectivity index (χ1v) is 5.25. The molecule has 0 radical (unpaired) electrons. The maximum atomic E-state index is 11.4. The number of rotatable bonds is 4. The zero-order valence-electron chi connectivity index (χ0n) is 10.1. The normalized spacial score (nSPS) is 9.44. The summed E-state index contributed by atoms with van der Waals surface area (Å²) in [4.78, 5) is 33.3. The summed E-state index contributed by atoms with van der Waals surface area (Å²) in [7, 11) is 1.23. The number of esters is 1. The Morgan fingerprint density at radius 3 is 2.61 bits per heavy atom. The van der Waals surface area contributed by atoms with Gasteiger partial charge < -0.3 is 15.4 Å². The molecule has 0 aromatic heterocycles. The van der Waals surface area contributed by atoms with Crippen LogP contribution in [0.15, 0.2) is 24.3 Å². The van der Waals surface area contributed by atoms with Crippen molar-refractivity contribution >= 4 is 23.5 Å². The second-order valence-corrected chi connectivity index (χ2v) is 3.52. The molecule has 18 heavy (non-hydrogen) atoms. The Hall–Kier alpha value is -2.37. The number of Topliss-reactive ketones (excluding diaryl/α,β-unsaturated/α-hetero) is 1. The Bertz CT molecular complexity index is 471. The van der Waals surface area contributed by atoms with Gasteiger partial charge in [-0.15, -0.1) is 0 Å². The van der Waals surface area contributed by atoms with Crippen LogP contribution in [0.3, 0.4) is 0 Å². The van der Waals surface area contributed by atoms with Crippen molar-refractivity contribution in [3.63, 3.8) is 0 Å². The van der Waals surface area contributed by atoms with Crippen LogP contribution in [-0.2, 0) is 9.53 Å². The fourth-order valence-electron chi connectivity index (χ4n) is 1.22. The summed E-state index contributed by atoms with van der Waals surface area (Å²) in [6.07, 6.45) is 0. The van der Waals surface area contributed by atoms with Gasteiger partial charge in [-0.25, -0.2) is 4.79 Å². The predicted octanol–water partition coefficient (Wildman–Crippen LogP) is 1.18. The minimum atomic E-state index is -0.541. The van der Waals surface area contributed by atoms with Gasteiger partial charge in [0.15, 0.2) is 5.78 Å². The molecule has 0 fully saturated rings. The fraction of sp³-hybridized carbons (Fsp3) is 0.250. The SMILES string of the molecule is COC(=O)CNC(=O)Nc1cccc(C(C)=O)c1. The lowest BCUT2D eigenvalue weighted by Gasteiger charge is -2.07. The highest BCUT2D eigenvalue weighted by molar-refractivity contribution is 5.97. The number of ether oxygens (including phenoxy) is 1. The van der Waals surface area contributed by atoms with E-state index in [0.717, 1.165) is 0 Å². The van der Waals surface area contributed by atoms with E-state index in [4.69, 9.17) is 0 Å². The van der Waals surface area contributed by atoms with Crippen LogP contribution in [0.5, 0.6) is 0 Å². The lowest BCUT2D eigenvalue weighted by atomic mass is 10.1. The highest BCUT2D eigenvalue weighted by Crippen LogP contribution is 2.10. The van der Waals surface area contributed by atoms with Crippen LogP contribution in [0.4, 0.5) is 10.5 Å². The summed E-state index contributed by atoms with van der Waals surface area (Å²) in [5, 5.41) is 4.83. The van der Waals surface area contributed by atoms with E-state index in [-0.39, 0.29) is 12.3 Å². The van der Waals surface area contributed by atoms with E-state index < -0.39 is 12.0 Å². The molecule has 96 valence electrons. The highest BCUT2D eigenvalue weighted by Gasteiger charge is 2.06. The Balaban J connectivity index is 2.56. The molecule has 0 aliphatic carbocycles. The lowest BCUT2D eigenvalue weighted by molar-refractivity contribution is -0.139. The van der Waals surface area contributed by atoms with Crippen molar-refractivity contribution in [2.45, 2.75) is 6.92 Å². The second-order valence-electron chi connectivity index (χ2n) is 3.52. The molecular formula is C12H14N2O4. The maximum Gasteiger partial charge on any atom is 0.325 e. The Morgan fingerprint density at radius 1 is 1.28 bits per heavy atom. The summed E-state index contributed by atoms with van der Waals surface area (Å²) in [5.41, 5.74) is 0.978. The number of ketones is 1. The Labute approximate surface area is 104 Å². The van der Waals surface area contributed by atoms with Crippen molar-refractivity contribution in [2.24, 2.45) is 0 Å². The molecule has 6 heteroatoms. The van der Waals surface area contributed by atoms with E-state index in [2.05, 4.69) is 15.4 Å². The van der Waals surface area contributed by atoms with Gasteiger partial charge in [-0.3, -0.25) is 9.59 Å². The number of amides is 2. The fourth-order valence-corrected chi connectivity index (χ4v) is 1.22. The number of methoxy groups -OCH3 is 1. The molecule has 6 nitrogen and oxygen atoms in total. The van der Waals surface area contributed by atoms with E-state index in [1.54, 1.807) is 24.3 Å². The second kappa shape index (κ2) is 6.39. The number of nitrogens with one attached hydrogen (secondary N) is 2. The van der Waals surface area contributed by atoms with Crippen molar-refractivity contribution in [2.75, 3.05) is 19.0 Å². The van der Waals surface area contributed by atoms with Crippen molar-refractivity contribution in [3.8, 4) is 0 Å². The monoisotopic (exact) mass is 250 g/mol. The number of carbonyl (C=O) groups excluding carboxylic acids is 3. The van der Waals surface area contributed by atoms with Crippen LogP contribution >= 0.6 is 0 Å². The average molecular weight is 250 g/mol. The molecule has 1 rings (SSSR count). The third-order valence-corrected chi connectivity index (χ3v) is 2.15. The molecule has 0 aliphatic heterocycles. The molecule has 0 heterocycles. The van der Waals surface area contributed by atoms with Crippen molar-refractivity contribution < 1.29 is 19.1 Å². The number of hydrogen-bond donors (Lipinski definition) is 2. The minimum Gasteiger partial charge on any atom is -0.468 e. The van der Waals surface area contributed by atoms with Crippen molar-refractivity contribution in [3.05, 3.63) is 29.8 Å². The van der Waals surface area contributed by atoms with Gasteiger partial charge in [0.25, 0.3) is 0 Å². The number of carbonyl (C=O) groups is 3. The standard InChI is InChI=1S/C12H14N2O4/c1-8(15)9-4-3-5-10(6-9)14-12(17)13-7-11(16)18-2/h3-6H,7H2,1-2H3,(H2,13,14,17). The number of urea groups is 1. The molecule has 0 bridgehead atoms. The molecule has 0 aliphatic rings. The van der Waals surface area contributed by atoms with Gasteiger partial charge >= 0.3 is 12.0 Å². The van der Waals surface area contributed by atoms with Gasteiger partial charge in [-0.1, -0.05) is 12.1 Å². The summed E-state index contributed by atoms with van der Waals surface area (Å²) < 4.78 is 4.38. The van der Waals surface area contributed by atoms with Gasteiger partial charge in [0, 0.05) is 11.3 Å². The molecule has 1 aromatic rings. The summed E-state index contributed by atoms with van der Waals surface area (Å²) >= 11 is 0. The van der Waals surface area contributed by atoms with E-state index in [1.807, 2.05) is 0 Å². The molecule has 0 atom stereocenters. The first kappa shape index (κ1) is 13.7. The van der Waals surface area contributed by atoms with Crippen LogP contribution in [0, 0.1) is 0 Å². The molecular weight excluding hydrogens is 236 g/mol. The molecule has 0 saturated carbocycles. The number of hydrogen-bond acceptors (Lipinski definition) is 4. The quantitative estimate of drug-likeness (QED) is 0.620. The largest absolute Gasteiger partial charge is 0.468 e. The van der Waals surface area contributed by atoms with Gasteiger partial charge in [0.1, 0.15) is 6.54 Å². The van der Waals surface area contributed by atoms with Gasteiger partial charge in [0.2, 0.25) is 0 Å². The molecule has 0 spiro atoms. The third-order valence-electron chi connectivity index (χ3n) is 2.15. The average Bonchev–Trinajstić information content (AvgIpc) is 2.36. The highest BCUT2D eigenvalue weighted by atomic mass is 16.5. The van der Waals surface area contributed by atoms with Crippen molar-refractivity contribution in [1.82, 2.24) is 5.32 Å². The number of anilines is 1. The van der Waals surface area contributed by atoms with E-state index in [1.165, 1.54) is 14.0 Å². The Morgan fingerprint density at radius 2 is 2.00 bits per heavy atom. The number of benzene rings is 1. The summed E-state index contributed by atoms with van der Waals surface area (Å²) in [5.74, 6) is -0.628. The Kier molecular flexibility index (Phi) is 4.86. The summed E-state index contributed by atoms with van der Waals surface area (Å²) in [6.45, 7) is 1.23. The maximum absolute atomic E-state index is 11.4. The lowest BCUT2D eigenvalue weighted by Crippen LogP contribution is -2.33. The van der Waals surface area contributed by atoms with Crippen LogP contribution in [-0.4, -0.2) is 31.4 Å². The third kappa shape index (κ3) is 4.25. The van der Waals surface area contributed by atoms with Crippen molar-refractivity contribution in [1.29, 1.82) is 0 Å². The van der Waals surface area contributed by atoms with Crippen LogP contribution < -0.4 is 10.6 Å². The van der Waals surface area contributed by atoms with E-state index in [0.29, 0.717) is 11.3 Å². The van der Waals surface area contributed by atoms with Gasteiger partial charge in [0.05, 0.1) is 7.11 Å². The van der Waals surface area contributed by atoms with Gasteiger partial charge in [-0.05, 0) is 19.1 Å². The van der Waals surface area contributed by atoms with Crippen LogP contribution in [0.1, 0.15) is 17.3 Å². The minimum absolute atomic E-state index is 0.0892. The predicted molar refractivity (Wildman–Crippen MR) is 65.5 cm³/mol. The molecule has 2 amide bonds. The van der Waals surface area contributed by atoms with Crippen LogP contribution in [0.2, 0.25) is 0 Å². The first-order valence-electron chi connectivity index (χ1n) is 5.25. The van der Waals surface area contributed by atoms with E-state index >= 15 is 0 Å². The van der Waals surface area contributed by atoms with E-state index in [9.17, 15) is 14.4 Å². The zero-order chi connectivity index (χ0) is 13.5. The van der Waals surface area contributed by atoms with Gasteiger partial charge in [-0.2, -0.15) is 0 Å². The molecule has 0 unspecified atom stereocenters. The smallest absolute Gasteiger partial charge is 0.325 e. The molecule has 0 saturated heterocycles. The molecule has 2 N–H and O–H groups in total. The summed E-state index contributed by atoms with van der Waals surface area (Å²) in [6, 6.07) is 5.97. The first-order chi connectivity index (χ1) is 8.52.